The molecule has 2 aromatic carbocycles. The minimum Gasteiger partial charge on any atom is -0.497 e. The molecular weight excluding hydrogens is 524 g/mol. The molecule has 1 amide bonds. The van der Waals surface area contributed by atoms with Gasteiger partial charge in [0.2, 0.25) is 0 Å². The van der Waals surface area contributed by atoms with Crippen molar-refractivity contribution in [1.82, 2.24) is 14.0 Å². The summed E-state index contributed by atoms with van der Waals surface area (Å²) in [6.45, 7) is 8.86. The molecule has 4 aromatic rings. The number of aryl methyl sites for hydroxylation is 1. The maximum absolute atomic E-state index is 14.2. The van der Waals surface area contributed by atoms with Crippen LogP contribution in [0.15, 0.2) is 63.5 Å². The fraction of sp³-hybridized carbons (Fsp3) is 0.323. The molecule has 9 heteroatoms. The molecule has 208 valence electrons. The van der Waals surface area contributed by atoms with Crippen molar-refractivity contribution in [3.05, 3.63) is 90.2 Å². The van der Waals surface area contributed by atoms with Crippen LogP contribution in [0.25, 0.3) is 17.0 Å². The zero-order chi connectivity index (χ0) is 28.7. The number of benzene rings is 2. The predicted molar refractivity (Wildman–Crippen MR) is 159 cm³/mol. The van der Waals surface area contributed by atoms with Crippen LogP contribution in [-0.4, -0.2) is 47.3 Å². The number of para-hydroxylation sites is 1. The Bertz CT molecular complexity index is 1840. The number of methoxy groups -OCH3 is 2. The van der Waals surface area contributed by atoms with E-state index in [1.54, 1.807) is 35.8 Å². The predicted octanol–water partition coefficient (Wildman–Crippen LogP) is 3.92. The molecule has 0 fully saturated rings. The van der Waals surface area contributed by atoms with Crippen LogP contribution in [0.4, 0.5) is 0 Å². The molecule has 0 bridgehead atoms. The van der Waals surface area contributed by atoms with Crippen molar-refractivity contribution in [2.24, 2.45) is 12.0 Å². The first-order chi connectivity index (χ1) is 19.2. The molecule has 40 heavy (non-hydrogen) atoms. The number of amides is 1. The van der Waals surface area contributed by atoms with E-state index >= 15 is 0 Å². The van der Waals surface area contributed by atoms with Gasteiger partial charge in [0.25, 0.3) is 11.5 Å². The number of thiazole rings is 1. The second kappa shape index (κ2) is 10.8. The van der Waals surface area contributed by atoms with Crippen molar-refractivity contribution in [2.45, 2.75) is 33.7 Å². The maximum Gasteiger partial charge on any atom is 0.271 e. The number of allylic oxidation sites excluding steroid dienone is 1. The smallest absolute Gasteiger partial charge is 0.271 e. The van der Waals surface area contributed by atoms with E-state index < -0.39 is 6.04 Å². The van der Waals surface area contributed by atoms with Crippen LogP contribution in [-0.2, 0) is 11.8 Å². The molecule has 0 saturated heterocycles. The molecule has 0 spiro atoms. The van der Waals surface area contributed by atoms with Crippen molar-refractivity contribution < 1.29 is 14.3 Å². The zero-order valence-corrected chi connectivity index (χ0v) is 24.8. The third-order valence-electron chi connectivity index (χ3n) is 7.76. The van der Waals surface area contributed by atoms with Gasteiger partial charge in [0.05, 0.1) is 30.0 Å². The third kappa shape index (κ3) is 4.34. The number of carbonyl (C=O) groups is 1. The summed E-state index contributed by atoms with van der Waals surface area (Å²) >= 11 is 1.33. The molecule has 2 aromatic heterocycles. The topological polar surface area (TPSA) is 78.1 Å². The lowest BCUT2D eigenvalue weighted by Gasteiger charge is -2.30. The van der Waals surface area contributed by atoms with Gasteiger partial charge in [0.1, 0.15) is 17.5 Å². The fourth-order valence-electron chi connectivity index (χ4n) is 5.49. The summed E-state index contributed by atoms with van der Waals surface area (Å²) in [6, 6.07) is 12.9. The summed E-state index contributed by atoms with van der Waals surface area (Å²) in [7, 11) is 5.20. The molecule has 5 rings (SSSR count). The Hall–Kier alpha value is -4.11. The number of nitrogens with zero attached hydrogens (tertiary/aromatic N) is 4. The Morgan fingerprint density at radius 2 is 1.82 bits per heavy atom. The number of aromatic nitrogens is 2. The number of rotatable bonds is 7. The molecule has 0 unspecified atom stereocenters. The van der Waals surface area contributed by atoms with Crippen molar-refractivity contribution in [2.75, 3.05) is 27.3 Å². The first kappa shape index (κ1) is 27.5. The van der Waals surface area contributed by atoms with E-state index in [1.807, 2.05) is 52.1 Å². The first-order valence-electron chi connectivity index (χ1n) is 13.3. The molecule has 0 aliphatic carbocycles. The molecular formula is C31H34N4O4S. The van der Waals surface area contributed by atoms with E-state index in [0.29, 0.717) is 50.8 Å². The van der Waals surface area contributed by atoms with E-state index in [1.165, 1.54) is 11.3 Å². The lowest BCUT2D eigenvalue weighted by atomic mass is 9.93. The van der Waals surface area contributed by atoms with Crippen LogP contribution < -0.4 is 24.4 Å². The SMILES string of the molecule is CCN(CC)C(=O)C1=C(C)N=c2s/c(=C/c3c(C)n(C)c4ccccc34)c(=O)n2[C@H]1c1cc(OC)ccc1OC. The Morgan fingerprint density at radius 3 is 2.50 bits per heavy atom. The van der Waals surface area contributed by atoms with Gasteiger partial charge >= 0.3 is 0 Å². The minimum absolute atomic E-state index is 0.152. The number of fused-ring (bicyclic) bond motifs is 2. The number of hydrogen-bond donors (Lipinski definition) is 0. The molecule has 0 N–H and O–H groups in total. The van der Waals surface area contributed by atoms with Gasteiger partial charge in [-0.3, -0.25) is 14.2 Å². The summed E-state index contributed by atoms with van der Waals surface area (Å²) < 4.78 is 15.6. The Labute approximate surface area is 237 Å². The van der Waals surface area contributed by atoms with E-state index in [2.05, 4.69) is 23.6 Å². The van der Waals surface area contributed by atoms with Gasteiger partial charge < -0.3 is 18.9 Å². The summed E-state index contributed by atoms with van der Waals surface area (Å²) in [5.74, 6) is 1.01. The number of ether oxygens (including phenoxy) is 2. The van der Waals surface area contributed by atoms with Gasteiger partial charge in [-0.15, -0.1) is 0 Å². The minimum atomic E-state index is -0.731. The highest BCUT2D eigenvalue weighted by atomic mass is 32.1. The second-order valence-corrected chi connectivity index (χ2v) is 10.8. The molecule has 0 saturated carbocycles. The van der Waals surface area contributed by atoms with E-state index in [9.17, 15) is 9.59 Å². The van der Waals surface area contributed by atoms with Crippen LogP contribution in [0, 0.1) is 6.92 Å². The van der Waals surface area contributed by atoms with Gasteiger partial charge in [-0.25, -0.2) is 4.99 Å². The first-order valence-corrected chi connectivity index (χ1v) is 14.1. The summed E-state index contributed by atoms with van der Waals surface area (Å²) in [5.41, 5.74) is 4.65. The second-order valence-electron chi connectivity index (χ2n) is 9.74. The van der Waals surface area contributed by atoms with Crippen molar-refractivity contribution in [3.8, 4) is 11.5 Å². The molecule has 0 radical (unpaired) electrons. The monoisotopic (exact) mass is 558 g/mol. The normalized spacial score (nSPS) is 15.3. The van der Waals surface area contributed by atoms with E-state index in [0.717, 1.165) is 22.2 Å². The number of carbonyl (C=O) groups excluding carboxylic acids is 1. The van der Waals surface area contributed by atoms with Crippen LogP contribution in [0.1, 0.15) is 43.6 Å². The molecule has 1 aliphatic heterocycles. The van der Waals surface area contributed by atoms with Gasteiger partial charge in [-0.2, -0.15) is 0 Å². The zero-order valence-electron chi connectivity index (χ0n) is 23.9. The quantitative estimate of drug-likeness (QED) is 0.345. The maximum atomic E-state index is 14.2. The highest BCUT2D eigenvalue weighted by molar-refractivity contribution is 7.07. The lowest BCUT2D eigenvalue weighted by molar-refractivity contribution is -0.127. The van der Waals surface area contributed by atoms with Crippen LogP contribution in [0.2, 0.25) is 0 Å². The lowest BCUT2D eigenvalue weighted by Crippen LogP contribution is -2.43. The van der Waals surface area contributed by atoms with Crippen LogP contribution >= 0.6 is 11.3 Å². The molecule has 8 nitrogen and oxygen atoms in total. The van der Waals surface area contributed by atoms with Crippen molar-refractivity contribution in [3.63, 3.8) is 0 Å². The van der Waals surface area contributed by atoms with Gasteiger partial charge in [0, 0.05) is 47.9 Å². The molecule has 3 heterocycles. The van der Waals surface area contributed by atoms with E-state index in [4.69, 9.17) is 14.5 Å². The highest BCUT2D eigenvalue weighted by Gasteiger charge is 2.36. The van der Waals surface area contributed by atoms with Gasteiger partial charge in [0.15, 0.2) is 4.80 Å². The average Bonchev–Trinajstić information content (AvgIpc) is 3.40. The number of hydrogen-bond acceptors (Lipinski definition) is 6. The third-order valence-corrected chi connectivity index (χ3v) is 8.74. The standard InChI is InChI=1S/C31H34N4O4S/c1-8-34(9-2)30(37)27-18(3)32-31-35(28(27)23-16-20(38-6)14-15-25(23)39-7)29(36)26(40-31)17-22-19(4)33(5)24-13-11-10-12-21(22)24/h10-17,28H,8-9H2,1-7H3/b26-17+/t28-/m0/s1. The number of likely N-dealkylation sites (N-methyl/N-ethyl adjacent to an activating group) is 1. The van der Waals surface area contributed by atoms with Gasteiger partial charge in [-0.1, -0.05) is 29.5 Å². The Kier molecular flexibility index (Phi) is 7.42. The fourth-order valence-corrected chi connectivity index (χ4v) is 6.52. The largest absolute Gasteiger partial charge is 0.497 e. The summed E-state index contributed by atoms with van der Waals surface area (Å²) in [4.78, 5) is 35.3. The Balaban J connectivity index is 1.82. The summed E-state index contributed by atoms with van der Waals surface area (Å²) in [5, 5.41) is 1.08. The summed E-state index contributed by atoms with van der Waals surface area (Å²) in [6.07, 6.45) is 1.95. The molecule has 1 atom stereocenters. The highest BCUT2D eigenvalue weighted by Crippen LogP contribution is 2.38. The van der Waals surface area contributed by atoms with Crippen LogP contribution in [0.5, 0.6) is 11.5 Å². The average molecular weight is 559 g/mol. The van der Waals surface area contributed by atoms with Crippen LogP contribution in [0.3, 0.4) is 0 Å². The Morgan fingerprint density at radius 1 is 1.10 bits per heavy atom. The van der Waals surface area contributed by atoms with Gasteiger partial charge in [-0.05, 0) is 58.0 Å². The van der Waals surface area contributed by atoms with Crippen molar-refractivity contribution >= 4 is 34.2 Å². The van der Waals surface area contributed by atoms with E-state index in [-0.39, 0.29) is 11.5 Å². The molecule has 1 aliphatic rings. The van der Waals surface area contributed by atoms with Crippen molar-refractivity contribution in [1.29, 1.82) is 0 Å².